The number of rotatable bonds is 2. The minimum absolute atomic E-state index is 0.506. The molecule has 0 rings (SSSR count). The van der Waals surface area contributed by atoms with E-state index in [1.165, 1.54) is 6.08 Å². The lowest BCUT2D eigenvalue weighted by atomic mass is 10.2. The van der Waals surface area contributed by atoms with Crippen molar-refractivity contribution in [1.29, 1.82) is 0 Å². The van der Waals surface area contributed by atoms with E-state index in [0.29, 0.717) is 6.33 Å². The second kappa shape index (κ2) is 3.59. The van der Waals surface area contributed by atoms with E-state index in [0.717, 1.165) is 12.0 Å². The molecule has 0 amide bonds. The number of halogens is 1. The Morgan fingerprint density at radius 3 is 2.57 bits per heavy atom. The van der Waals surface area contributed by atoms with Gasteiger partial charge in [0, 0.05) is 0 Å². The van der Waals surface area contributed by atoms with Gasteiger partial charge in [-0.2, -0.15) is 0 Å². The third-order valence-corrected chi connectivity index (χ3v) is 0.753. The molecule has 0 bridgehead atoms. The Kier molecular flexibility index (Phi) is 3.29. The van der Waals surface area contributed by atoms with Crippen LogP contribution in [0.15, 0.2) is 24.6 Å². The molecule has 0 fully saturated rings. The summed E-state index contributed by atoms with van der Waals surface area (Å²) < 4.78 is 11.2. The van der Waals surface area contributed by atoms with Crippen LogP contribution in [-0.4, -0.2) is 0 Å². The normalized spacial score (nSPS) is 10.0. The Morgan fingerprint density at radius 1 is 1.86 bits per heavy atom. The highest BCUT2D eigenvalue weighted by Crippen LogP contribution is 1.96. The van der Waals surface area contributed by atoms with Crippen molar-refractivity contribution in [2.24, 2.45) is 0 Å². The summed E-state index contributed by atoms with van der Waals surface area (Å²) in [6.45, 7) is 5.47. The lowest BCUT2D eigenvalue weighted by Gasteiger charge is -1.84. The molecule has 0 aromatic heterocycles. The maximum Gasteiger partial charge on any atom is 0.0869 e. The molecular formula is C6H9F. The fraction of sp³-hybridized carbons (Fsp3) is 0.333. The summed E-state index contributed by atoms with van der Waals surface area (Å²) in [4.78, 5) is 0. The summed E-state index contributed by atoms with van der Waals surface area (Å²) in [6.07, 6.45) is 2.69. The fourth-order valence-corrected chi connectivity index (χ4v) is 0.207. The summed E-state index contributed by atoms with van der Waals surface area (Å²) in [7, 11) is 0. The highest BCUT2D eigenvalue weighted by molar-refractivity contribution is 5.10. The van der Waals surface area contributed by atoms with Crippen molar-refractivity contribution in [2.45, 2.75) is 13.3 Å². The van der Waals surface area contributed by atoms with Gasteiger partial charge >= 0.3 is 0 Å². The van der Waals surface area contributed by atoms with Crippen LogP contribution < -0.4 is 0 Å². The van der Waals surface area contributed by atoms with Gasteiger partial charge in [0.25, 0.3) is 0 Å². The first-order valence-electron chi connectivity index (χ1n) is 2.25. The monoisotopic (exact) mass is 100 g/mol. The predicted molar refractivity (Wildman–Crippen MR) is 29.7 cm³/mol. The highest BCUT2D eigenvalue weighted by Gasteiger charge is 1.76. The van der Waals surface area contributed by atoms with Gasteiger partial charge in [0.2, 0.25) is 0 Å². The smallest absolute Gasteiger partial charge is 0.0869 e. The average Bonchev–Trinajstić information content (AvgIpc) is 1.68. The number of hydrogen-bond donors (Lipinski definition) is 0. The largest absolute Gasteiger partial charge is 0.216 e. The van der Waals surface area contributed by atoms with Gasteiger partial charge in [-0.25, -0.2) is 4.39 Å². The lowest BCUT2D eigenvalue weighted by Crippen LogP contribution is -1.64. The molecule has 0 aromatic carbocycles. The van der Waals surface area contributed by atoms with Crippen LogP contribution >= 0.6 is 0 Å². The van der Waals surface area contributed by atoms with Crippen molar-refractivity contribution >= 4 is 0 Å². The van der Waals surface area contributed by atoms with Crippen molar-refractivity contribution in [2.75, 3.05) is 0 Å². The van der Waals surface area contributed by atoms with Crippen molar-refractivity contribution < 1.29 is 4.39 Å². The molecule has 0 radical (unpaired) electrons. The molecule has 0 N–H and O–H groups in total. The van der Waals surface area contributed by atoms with E-state index >= 15 is 0 Å². The van der Waals surface area contributed by atoms with Gasteiger partial charge in [-0.3, -0.25) is 0 Å². The predicted octanol–water partition coefficient (Wildman–Crippen LogP) is 2.44. The quantitative estimate of drug-likeness (QED) is 0.467. The maximum atomic E-state index is 11.2. The number of hydrogen-bond acceptors (Lipinski definition) is 0. The summed E-state index contributed by atoms with van der Waals surface area (Å²) in [5, 5.41) is 0. The fourth-order valence-electron chi connectivity index (χ4n) is 0.207. The van der Waals surface area contributed by atoms with Crippen molar-refractivity contribution in [3.63, 3.8) is 0 Å². The van der Waals surface area contributed by atoms with E-state index in [4.69, 9.17) is 0 Å². The van der Waals surface area contributed by atoms with Gasteiger partial charge < -0.3 is 0 Å². The zero-order valence-corrected chi connectivity index (χ0v) is 4.45. The second-order valence-corrected chi connectivity index (χ2v) is 1.30. The molecule has 0 saturated heterocycles. The van der Waals surface area contributed by atoms with Gasteiger partial charge in [0.15, 0.2) is 0 Å². The van der Waals surface area contributed by atoms with Crippen LogP contribution in [0.5, 0.6) is 0 Å². The molecule has 0 nitrogen and oxygen atoms in total. The van der Waals surface area contributed by atoms with Crippen LogP contribution in [0.25, 0.3) is 0 Å². The molecule has 0 aliphatic carbocycles. The summed E-state index contributed by atoms with van der Waals surface area (Å²) >= 11 is 0. The molecule has 0 aromatic rings. The Balaban J connectivity index is 3.37. The Bertz CT molecular complexity index is 82.2. The van der Waals surface area contributed by atoms with Crippen molar-refractivity contribution in [3.8, 4) is 0 Å². The van der Waals surface area contributed by atoms with Crippen LogP contribution in [0.2, 0.25) is 0 Å². The van der Waals surface area contributed by atoms with E-state index in [1.54, 1.807) is 0 Å². The first-order valence-corrected chi connectivity index (χ1v) is 2.25. The summed E-state index contributed by atoms with van der Waals surface area (Å²) in [6, 6.07) is 0. The third kappa shape index (κ3) is 3.23. The standard InChI is InChI=1S/C6H9F/c1-3-6(2)4-5-7/h4-5H,2-3H2,1H3/b5-4-. The zero-order valence-electron chi connectivity index (χ0n) is 4.45. The molecule has 0 spiro atoms. The maximum absolute atomic E-state index is 11.2. The Hall–Kier alpha value is -0.590. The van der Waals surface area contributed by atoms with E-state index in [2.05, 4.69) is 6.58 Å². The van der Waals surface area contributed by atoms with Crippen LogP contribution in [0.1, 0.15) is 13.3 Å². The second-order valence-electron chi connectivity index (χ2n) is 1.30. The molecular weight excluding hydrogens is 91.1 g/mol. The van der Waals surface area contributed by atoms with Crippen LogP contribution in [0, 0.1) is 0 Å². The molecule has 0 atom stereocenters. The van der Waals surface area contributed by atoms with E-state index in [9.17, 15) is 4.39 Å². The molecule has 1 heteroatoms. The molecule has 0 heterocycles. The first-order chi connectivity index (χ1) is 3.31. The molecule has 7 heavy (non-hydrogen) atoms. The average molecular weight is 100 g/mol. The van der Waals surface area contributed by atoms with Gasteiger partial charge in [0.1, 0.15) is 0 Å². The number of allylic oxidation sites excluding steroid dienone is 2. The SMILES string of the molecule is C=C(/C=C\F)CC. The van der Waals surface area contributed by atoms with Gasteiger partial charge in [0.05, 0.1) is 6.33 Å². The van der Waals surface area contributed by atoms with Crippen molar-refractivity contribution in [3.05, 3.63) is 24.6 Å². The molecule has 0 unspecified atom stereocenters. The van der Waals surface area contributed by atoms with Crippen molar-refractivity contribution in [1.82, 2.24) is 0 Å². The van der Waals surface area contributed by atoms with E-state index in [1.807, 2.05) is 6.92 Å². The van der Waals surface area contributed by atoms with Crippen LogP contribution in [0.4, 0.5) is 4.39 Å². The summed E-state index contributed by atoms with van der Waals surface area (Å²) in [5.74, 6) is 0. The molecule has 0 saturated carbocycles. The van der Waals surface area contributed by atoms with E-state index in [-0.39, 0.29) is 0 Å². The lowest BCUT2D eigenvalue weighted by molar-refractivity contribution is 0.719. The Labute approximate surface area is 43.4 Å². The molecule has 0 aliphatic heterocycles. The van der Waals surface area contributed by atoms with Gasteiger partial charge in [-0.1, -0.05) is 19.1 Å². The van der Waals surface area contributed by atoms with Gasteiger partial charge in [-0.15, -0.1) is 0 Å². The molecule has 0 aliphatic rings. The molecule has 40 valence electrons. The minimum atomic E-state index is 0.506. The van der Waals surface area contributed by atoms with Crippen LogP contribution in [0.3, 0.4) is 0 Å². The first kappa shape index (κ1) is 6.41. The van der Waals surface area contributed by atoms with Gasteiger partial charge in [-0.05, 0) is 12.5 Å². The van der Waals surface area contributed by atoms with E-state index < -0.39 is 0 Å². The summed E-state index contributed by atoms with van der Waals surface area (Å²) in [5.41, 5.74) is 0.822. The zero-order chi connectivity index (χ0) is 5.70. The van der Waals surface area contributed by atoms with Crippen LogP contribution in [-0.2, 0) is 0 Å². The Morgan fingerprint density at radius 2 is 2.43 bits per heavy atom. The third-order valence-electron chi connectivity index (χ3n) is 0.753. The highest BCUT2D eigenvalue weighted by atomic mass is 19.1. The minimum Gasteiger partial charge on any atom is -0.216 e. The topological polar surface area (TPSA) is 0 Å².